The molecule has 2 rings (SSSR count). The van der Waals surface area contributed by atoms with Crippen LogP contribution in [0.4, 0.5) is 26.7 Å². The van der Waals surface area contributed by atoms with E-state index in [4.69, 9.17) is 5.11 Å². The van der Waals surface area contributed by atoms with Crippen LogP contribution in [-0.2, 0) is 10.3 Å². The lowest BCUT2D eigenvalue weighted by Gasteiger charge is -2.35. The lowest BCUT2D eigenvalue weighted by molar-refractivity contribution is -0.0615. The Balaban J connectivity index is 2.75. The molecule has 0 heterocycles. The molecule has 2 atom stereocenters. The molecule has 0 bridgehead atoms. The Morgan fingerprint density at radius 1 is 1.10 bits per heavy atom. The summed E-state index contributed by atoms with van der Waals surface area (Å²) in [4.78, 5) is 10.7. The molecular weight excluding hydrogens is 299 g/mol. The summed E-state index contributed by atoms with van der Waals surface area (Å²) in [7, 11) is 0. The molecule has 1 aliphatic rings. The van der Waals surface area contributed by atoms with Gasteiger partial charge in [-0.05, 0) is 0 Å². The Kier molecular flexibility index (Phi) is 3.71. The van der Waals surface area contributed by atoms with Crippen LogP contribution in [0, 0.1) is 0 Å². The molecule has 0 saturated carbocycles. The SMILES string of the molecule is O=C(O)OC1(c2ccccc2)C(F)=C(F)C(F)=C(F)C1F. The highest BCUT2D eigenvalue weighted by molar-refractivity contribution is 5.60. The average Bonchev–Trinajstić information content (AvgIpc) is 2.48. The van der Waals surface area contributed by atoms with E-state index in [9.17, 15) is 26.7 Å². The summed E-state index contributed by atoms with van der Waals surface area (Å²) in [6.07, 6.45) is -5.38. The third-order valence-electron chi connectivity index (χ3n) is 2.95. The van der Waals surface area contributed by atoms with Crippen LogP contribution < -0.4 is 0 Å². The van der Waals surface area contributed by atoms with Crippen molar-refractivity contribution in [3.8, 4) is 0 Å². The number of hydrogen-bond donors (Lipinski definition) is 1. The van der Waals surface area contributed by atoms with Crippen molar-refractivity contribution in [2.75, 3.05) is 0 Å². The minimum absolute atomic E-state index is 0.518. The summed E-state index contributed by atoms with van der Waals surface area (Å²) in [6, 6.07) is 5.90. The first-order chi connectivity index (χ1) is 9.82. The van der Waals surface area contributed by atoms with E-state index in [2.05, 4.69) is 4.74 Å². The monoisotopic (exact) mass is 306 g/mol. The van der Waals surface area contributed by atoms with Crippen LogP contribution in [0.1, 0.15) is 5.56 Å². The molecule has 2 unspecified atom stereocenters. The lowest BCUT2D eigenvalue weighted by Crippen LogP contribution is -2.45. The molecule has 0 aliphatic heterocycles. The fraction of sp³-hybridized carbons (Fsp3) is 0.154. The van der Waals surface area contributed by atoms with Gasteiger partial charge >= 0.3 is 6.16 Å². The molecule has 8 heteroatoms. The van der Waals surface area contributed by atoms with Crippen molar-refractivity contribution in [3.63, 3.8) is 0 Å². The number of carboxylic acid groups (broad SMARTS) is 1. The smallest absolute Gasteiger partial charge is 0.450 e. The van der Waals surface area contributed by atoms with Gasteiger partial charge in [0.25, 0.3) is 0 Å². The molecule has 1 aromatic rings. The van der Waals surface area contributed by atoms with Crippen molar-refractivity contribution >= 4 is 6.16 Å². The molecule has 3 nitrogen and oxygen atoms in total. The molecule has 1 N–H and O–H groups in total. The second kappa shape index (κ2) is 5.19. The maximum atomic E-state index is 14.1. The maximum Gasteiger partial charge on any atom is 0.507 e. The van der Waals surface area contributed by atoms with E-state index < -0.39 is 46.8 Å². The predicted octanol–water partition coefficient (Wildman–Crippen LogP) is 4.23. The van der Waals surface area contributed by atoms with Gasteiger partial charge in [-0.3, -0.25) is 0 Å². The summed E-state index contributed by atoms with van der Waals surface area (Å²) in [5.41, 5.74) is -3.79. The Labute approximate surface area is 114 Å². The highest BCUT2D eigenvalue weighted by atomic mass is 19.2. The lowest BCUT2D eigenvalue weighted by atomic mass is 9.83. The maximum absolute atomic E-state index is 14.1. The largest absolute Gasteiger partial charge is 0.507 e. The van der Waals surface area contributed by atoms with E-state index in [-0.39, 0.29) is 0 Å². The van der Waals surface area contributed by atoms with Gasteiger partial charge in [0.05, 0.1) is 0 Å². The highest BCUT2D eigenvalue weighted by Crippen LogP contribution is 2.50. The van der Waals surface area contributed by atoms with Gasteiger partial charge in [0.15, 0.2) is 23.3 Å². The van der Waals surface area contributed by atoms with E-state index in [0.29, 0.717) is 0 Å². The molecule has 1 aliphatic carbocycles. The molecule has 1 aromatic carbocycles. The fourth-order valence-electron chi connectivity index (χ4n) is 2.02. The van der Waals surface area contributed by atoms with Crippen LogP contribution in [-0.4, -0.2) is 17.4 Å². The normalized spacial score (nSPS) is 26.0. The van der Waals surface area contributed by atoms with Gasteiger partial charge in [-0.25, -0.2) is 26.7 Å². The summed E-state index contributed by atoms with van der Waals surface area (Å²) in [5.74, 6) is -9.17. The second-order valence-corrected chi connectivity index (χ2v) is 4.12. The van der Waals surface area contributed by atoms with E-state index >= 15 is 0 Å². The zero-order valence-electron chi connectivity index (χ0n) is 10.1. The van der Waals surface area contributed by atoms with Crippen LogP contribution in [0.2, 0.25) is 0 Å². The molecule has 0 saturated heterocycles. The van der Waals surface area contributed by atoms with Gasteiger partial charge in [0.1, 0.15) is 0 Å². The Hall–Kier alpha value is -2.38. The number of halogens is 5. The standard InChI is InChI=1S/C13H7F5O3/c14-7-8(15)10(17)13(21-12(19)20,11(18)9(7)16)6-4-2-1-3-5-6/h1-5,10H,(H,19,20). The van der Waals surface area contributed by atoms with Gasteiger partial charge < -0.3 is 9.84 Å². The van der Waals surface area contributed by atoms with Crippen LogP contribution >= 0.6 is 0 Å². The summed E-state index contributed by atoms with van der Waals surface area (Å²) in [5, 5.41) is 8.63. The van der Waals surface area contributed by atoms with Crippen LogP contribution in [0.5, 0.6) is 0 Å². The Bertz CT molecular complexity index is 640. The van der Waals surface area contributed by atoms with Gasteiger partial charge in [-0.15, -0.1) is 0 Å². The van der Waals surface area contributed by atoms with Crippen LogP contribution in [0.3, 0.4) is 0 Å². The van der Waals surface area contributed by atoms with Crippen LogP contribution in [0.15, 0.2) is 53.6 Å². The zero-order valence-corrected chi connectivity index (χ0v) is 10.1. The predicted molar refractivity (Wildman–Crippen MR) is 60.6 cm³/mol. The number of rotatable bonds is 2. The average molecular weight is 306 g/mol. The van der Waals surface area contributed by atoms with Crippen molar-refractivity contribution in [3.05, 3.63) is 59.2 Å². The van der Waals surface area contributed by atoms with Crippen molar-refractivity contribution in [2.24, 2.45) is 0 Å². The molecule has 0 fully saturated rings. The summed E-state index contributed by atoms with van der Waals surface area (Å²) in [6.45, 7) is 0. The number of alkyl halides is 1. The third kappa shape index (κ3) is 2.16. The van der Waals surface area contributed by atoms with Crippen molar-refractivity contribution in [2.45, 2.75) is 11.8 Å². The number of benzene rings is 1. The van der Waals surface area contributed by atoms with E-state index in [0.717, 1.165) is 12.1 Å². The third-order valence-corrected chi connectivity index (χ3v) is 2.95. The first kappa shape index (κ1) is 15.0. The minimum atomic E-state index is -3.27. The van der Waals surface area contributed by atoms with E-state index in [1.54, 1.807) is 0 Å². The first-order valence-electron chi connectivity index (χ1n) is 5.55. The quantitative estimate of drug-likeness (QED) is 0.657. The number of hydrogen-bond acceptors (Lipinski definition) is 2. The number of ether oxygens (including phenoxy) is 1. The molecule has 112 valence electrons. The topological polar surface area (TPSA) is 46.5 Å². The van der Waals surface area contributed by atoms with Crippen LogP contribution in [0.25, 0.3) is 0 Å². The van der Waals surface area contributed by atoms with Gasteiger partial charge in [-0.2, -0.15) is 0 Å². The molecule has 0 amide bonds. The zero-order chi connectivity index (χ0) is 15.8. The fourth-order valence-corrected chi connectivity index (χ4v) is 2.02. The molecule has 0 spiro atoms. The van der Waals surface area contributed by atoms with Gasteiger partial charge in [-0.1, -0.05) is 30.3 Å². The first-order valence-corrected chi connectivity index (χ1v) is 5.55. The highest BCUT2D eigenvalue weighted by Gasteiger charge is 2.57. The summed E-state index contributed by atoms with van der Waals surface area (Å²) >= 11 is 0. The minimum Gasteiger partial charge on any atom is -0.450 e. The number of allylic oxidation sites excluding steroid dienone is 2. The van der Waals surface area contributed by atoms with Crippen molar-refractivity contribution in [1.82, 2.24) is 0 Å². The number of carbonyl (C=O) groups is 1. The molecule has 21 heavy (non-hydrogen) atoms. The Morgan fingerprint density at radius 2 is 1.67 bits per heavy atom. The van der Waals surface area contributed by atoms with Gasteiger partial charge in [0, 0.05) is 5.56 Å². The second-order valence-electron chi connectivity index (χ2n) is 4.12. The molecule has 0 aromatic heterocycles. The molecule has 0 radical (unpaired) electrons. The molecular formula is C13H7F5O3. The van der Waals surface area contributed by atoms with E-state index in [1.165, 1.54) is 18.2 Å². The van der Waals surface area contributed by atoms with Crippen molar-refractivity contribution < 1.29 is 36.6 Å². The Morgan fingerprint density at radius 3 is 2.19 bits per heavy atom. The van der Waals surface area contributed by atoms with Gasteiger partial charge in [0.2, 0.25) is 11.8 Å². The van der Waals surface area contributed by atoms with E-state index in [1.807, 2.05) is 0 Å². The summed E-state index contributed by atoms with van der Waals surface area (Å²) < 4.78 is 72.2. The van der Waals surface area contributed by atoms with Crippen molar-refractivity contribution in [1.29, 1.82) is 0 Å².